The SMILES string of the molecule is Cc1n[nH]c(C)c1C(=O)N(C)CC1(O)CCOCC1. The van der Waals surface area contributed by atoms with Crippen molar-refractivity contribution >= 4 is 5.91 Å². The molecule has 2 N–H and O–H groups in total. The van der Waals surface area contributed by atoms with E-state index in [9.17, 15) is 9.90 Å². The van der Waals surface area contributed by atoms with Crippen LogP contribution in [0.3, 0.4) is 0 Å². The van der Waals surface area contributed by atoms with Crippen molar-refractivity contribution in [2.45, 2.75) is 32.3 Å². The van der Waals surface area contributed by atoms with Crippen LogP contribution in [0.15, 0.2) is 0 Å². The van der Waals surface area contributed by atoms with E-state index in [-0.39, 0.29) is 5.91 Å². The molecule has 0 unspecified atom stereocenters. The van der Waals surface area contributed by atoms with Crippen molar-refractivity contribution in [3.8, 4) is 0 Å². The highest BCUT2D eigenvalue weighted by Crippen LogP contribution is 2.22. The molecule has 1 aromatic heterocycles. The molecule has 1 aromatic rings. The molecule has 0 aromatic carbocycles. The molecule has 19 heavy (non-hydrogen) atoms. The maximum absolute atomic E-state index is 12.4. The largest absolute Gasteiger partial charge is 0.388 e. The first-order valence-corrected chi connectivity index (χ1v) is 6.50. The average Bonchev–Trinajstić information content (AvgIpc) is 2.68. The Kier molecular flexibility index (Phi) is 3.91. The lowest BCUT2D eigenvalue weighted by Crippen LogP contribution is -2.47. The maximum Gasteiger partial charge on any atom is 0.257 e. The zero-order valence-corrected chi connectivity index (χ0v) is 11.7. The van der Waals surface area contributed by atoms with Crippen LogP contribution < -0.4 is 0 Å². The predicted molar refractivity (Wildman–Crippen MR) is 70.0 cm³/mol. The Labute approximate surface area is 112 Å². The number of carbonyl (C=O) groups is 1. The van der Waals surface area contributed by atoms with Gasteiger partial charge in [0.05, 0.1) is 16.9 Å². The summed E-state index contributed by atoms with van der Waals surface area (Å²) in [4.78, 5) is 14.0. The van der Waals surface area contributed by atoms with E-state index in [0.717, 1.165) is 5.69 Å². The zero-order valence-electron chi connectivity index (χ0n) is 11.7. The Bertz CT molecular complexity index is 444. The fourth-order valence-corrected chi connectivity index (χ4v) is 2.48. The second-order valence-corrected chi connectivity index (χ2v) is 5.31. The van der Waals surface area contributed by atoms with Crippen molar-refractivity contribution in [1.82, 2.24) is 15.1 Å². The number of carbonyl (C=O) groups excluding carboxylic acids is 1. The fourth-order valence-electron chi connectivity index (χ4n) is 2.48. The van der Waals surface area contributed by atoms with Crippen LogP contribution in [0.1, 0.15) is 34.6 Å². The maximum atomic E-state index is 12.4. The molecule has 0 bridgehead atoms. The first-order valence-electron chi connectivity index (χ1n) is 6.50. The molecule has 2 heterocycles. The first-order chi connectivity index (χ1) is 8.93. The number of aromatic nitrogens is 2. The number of aliphatic hydroxyl groups is 1. The fraction of sp³-hybridized carbons (Fsp3) is 0.692. The van der Waals surface area contributed by atoms with Crippen molar-refractivity contribution in [1.29, 1.82) is 0 Å². The minimum absolute atomic E-state index is 0.108. The minimum Gasteiger partial charge on any atom is -0.388 e. The number of aromatic amines is 1. The van der Waals surface area contributed by atoms with Gasteiger partial charge in [-0.1, -0.05) is 0 Å². The molecule has 1 saturated heterocycles. The number of amides is 1. The summed E-state index contributed by atoms with van der Waals surface area (Å²) in [5.41, 5.74) is 1.20. The number of likely N-dealkylation sites (N-methyl/N-ethyl adjacent to an activating group) is 1. The molecule has 0 spiro atoms. The average molecular weight is 267 g/mol. The molecule has 1 amide bonds. The molecule has 2 rings (SSSR count). The summed E-state index contributed by atoms with van der Waals surface area (Å²) in [5, 5.41) is 17.3. The third-order valence-corrected chi connectivity index (χ3v) is 3.64. The summed E-state index contributed by atoms with van der Waals surface area (Å²) in [5.74, 6) is -0.108. The summed E-state index contributed by atoms with van der Waals surface area (Å²) in [6, 6.07) is 0. The number of ether oxygens (including phenoxy) is 1. The third kappa shape index (κ3) is 2.96. The van der Waals surface area contributed by atoms with Crippen molar-refractivity contribution in [2.24, 2.45) is 0 Å². The van der Waals surface area contributed by atoms with Gasteiger partial charge in [-0.05, 0) is 13.8 Å². The van der Waals surface area contributed by atoms with E-state index < -0.39 is 5.60 Å². The van der Waals surface area contributed by atoms with Crippen LogP contribution in [0.5, 0.6) is 0 Å². The number of aryl methyl sites for hydroxylation is 2. The van der Waals surface area contributed by atoms with Crippen LogP contribution in [0.2, 0.25) is 0 Å². The lowest BCUT2D eigenvalue weighted by atomic mass is 9.93. The summed E-state index contributed by atoms with van der Waals surface area (Å²) < 4.78 is 5.24. The Morgan fingerprint density at radius 2 is 2.11 bits per heavy atom. The van der Waals surface area contributed by atoms with Crippen molar-refractivity contribution < 1.29 is 14.6 Å². The predicted octanol–water partition coefficient (Wildman–Crippen LogP) is 0.640. The number of rotatable bonds is 3. The second kappa shape index (κ2) is 5.30. The molecular weight excluding hydrogens is 246 g/mol. The Balaban J connectivity index is 2.07. The van der Waals surface area contributed by atoms with Gasteiger partial charge in [0.25, 0.3) is 5.91 Å². The van der Waals surface area contributed by atoms with E-state index in [1.54, 1.807) is 18.9 Å². The zero-order chi connectivity index (χ0) is 14.0. The van der Waals surface area contributed by atoms with Gasteiger partial charge in [-0.25, -0.2) is 0 Å². The molecule has 106 valence electrons. The van der Waals surface area contributed by atoms with Crippen LogP contribution in [0.25, 0.3) is 0 Å². The van der Waals surface area contributed by atoms with E-state index in [2.05, 4.69) is 10.2 Å². The number of nitrogens with one attached hydrogen (secondary N) is 1. The molecule has 6 heteroatoms. The second-order valence-electron chi connectivity index (χ2n) is 5.31. The normalized spacial score (nSPS) is 18.3. The smallest absolute Gasteiger partial charge is 0.257 e. The Morgan fingerprint density at radius 3 is 2.63 bits per heavy atom. The molecule has 0 radical (unpaired) electrons. The van der Waals surface area contributed by atoms with Gasteiger partial charge in [-0.2, -0.15) is 5.10 Å². The van der Waals surface area contributed by atoms with E-state index in [1.165, 1.54) is 0 Å². The lowest BCUT2D eigenvalue weighted by Gasteiger charge is -2.35. The van der Waals surface area contributed by atoms with Crippen molar-refractivity contribution in [2.75, 3.05) is 26.8 Å². The highest BCUT2D eigenvalue weighted by atomic mass is 16.5. The van der Waals surface area contributed by atoms with Crippen LogP contribution >= 0.6 is 0 Å². The van der Waals surface area contributed by atoms with Gasteiger partial charge in [-0.15, -0.1) is 0 Å². The standard InChI is InChI=1S/C13H21N3O3/c1-9-11(10(2)15-14-9)12(17)16(3)8-13(18)4-6-19-7-5-13/h18H,4-8H2,1-3H3,(H,14,15). The number of hydrogen-bond acceptors (Lipinski definition) is 4. The van der Waals surface area contributed by atoms with Gasteiger partial charge >= 0.3 is 0 Å². The summed E-state index contributed by atoms with van der Waals surface area (Å²) in [6.07, 6.45) is 1.13. The van der Waals surface area contributed by atoms with Crippen LogP contribution in [-0.2, 0) is 4.74 Å². The molecule has 1 aliphatic heterocycles. The highest BCUT2D eigenvalue weighted by molar-refractivity contribution is 5.96. The van der Waals surface area contributed by atoms with Gasteiger partial charge in [0, 0.05) is 45.3 Å². The summed E-state index contributed by atoms with van der Waals surface area (Å²) >= 11 is 0. The van der Waals surface area contributed by atoms with Gasteiger partial charge < -0.3 is 14.7 Å². The van der Waals surface area contributed by atoms with E-state index >= 15 is 0 Å². The van der Waals surface area contributed by atoms with Crippen LogP contribution in [0, 0.1) is 13.8 Å². The van der Waals surface area contributed by atoms with Crippen molar-refractivity contribution in [3.05, 3.63) is 17.0 Å². The van der Waals surface area contributed by atoms with E-state index in [1.807, 2.05) is 6.92 Å². The number of hydrogen-bond donors (Lipinski definition) is 2. The highest BCUT2D eigenvalue weighted by Gasteiger charge is 2.33. The van der Waals surface area contributed by atoms with Crippen molar-refractivity contribution in [3.63, 3.8) is 0 Å². The molecule has 0 aliphatic carbocycles. The first kappa shape index (κ1) is 14.0. The number of H-pyrrole nitrogens is 1. The summed E-state index contributed by atoms with van der Waals surface area (Å²) in [6.45, 7) is 5.03. The molecule has 1 aliphatic rings. The van der Waals surface area contributed by atoms with Gasteiger partial charge in [0.1, 0.15) is 0 Å². The lowest BCUT2D eigenvalue weighted by molar-refractivity contribution is -0.0734. The van der Waals surface area contributed by atoms with E-state index in [0.29, 0.717) is 43.9 Å². The number of nitrogens with zero attached hydrogens (tertiary/aromatic N) is 2. The topological polar surface area (TPSA) is 78.5 Å². The van der Waals surface area contributed by atoms with Crippen LogP contribution in [-0.4, -0.2) is 58.5 Å². The molecule has 0 saturated carbocycles. The van der Waals surface area contributed by atoms with E-state index in [4.69, 9.17) is 4.74 Å². The van der Waals surface area contributed by atoms with Crippen LogP contribution in [0.4, 0.5) is 0 Å². The Morgan fingerprint density at radius 1 is 1.47 bits per heavy atom. The molecule has 0 atom stereocenters. The third-order valence-electron chi connectivity index (χ3n) is 3.64. The monoisotopic (exact) mass is 267 g/mol. The summed E-state index contributed by atoms with van der Waals surface area (Å²) in [7, 11) is 1.71. The quantitative estimate of drug-likeness (QED) is 0.842. The van der Waals surface area contributed by atoms with Gasteiger partial charge in [0.2, 0.25) is 0 Å². The molecular formula is C13H21N3O3. The molecule has 1 fully saturated rings. The Hall–Kier alpha value is -1.40. The minimum atomic E-state index is -0.839. The van der Waals surface area contributed by atoms with Gasteiger partial charge in [-0.3, -0.25) is 9.89 Å². The molecule has 6 nitrogen and oxygen atoms in total. The van der Waals surface area contributed by atoms with Gasteiger partial charge in [0.15, 0.2) is 0 Å².